The van der Waals surface area contributed by atoms with E-state index in [4.69, 9.17) is 27.9 Å². The van der Waals surface area contributed by atoms with Crippen molar-refractivity contribution in [3.8, 4) is 5.75 Å². The number of benzene rings is 2. The SMILES string of the molecule is O=[N+]([O-])c1ccc(OCc2c(F)cccc2Cl)c(CCl)c1. The summed E-state index contributed by atoms with van der Waals surface area (Å²) in [7, 11) is 0. The van der Waals surface area contributed by atoms with E-state index in [9.17, 15) is 14.5 Å². The van der Waals surface area contributed by atoms with Crippen molar-refractivity contribution in [2.45, 2.75) is 12.5 Å². The molecule has 7 heteroatoms. The van der Waals surface area contributed by atoms with Crippen molar-refractivity contribution in [3.05, 3.63) is 68.5 Å². The van der Waals surface area contributed by atoms with E-state index in [1.54, 1.807) is 6.07 Å². The van der Waals surface area contributed by atoms with Crippen LogP contribution in [0.5, 0.6) is 5.75 Å². The van der Waals surface area contributed by atoms with Crippen LogP contribution in [0.15, 0.2) is 36.4 Å². The largest absolute Gasteiger partial charge is 0.488 e. The second-order valence-corrected chi connectivity index (χ2v) is 4.85. The summed E-state index contributed by atoms with van der Waals surface area (Å²) in [5.74, 6) is -0.0751. The highest BCUT2D eigenvalue weighted by molar-refractivity contribution is 6.31. The second-order valence-electron chi connectivity index (χ2n) is 4.17. The first-order valence-electron chi connectivity index (χ1n) is 5.92. The molecule has 0 fully saturated rings. The lowest BCUT2D eigenvalue weighted by Gasteiger charge is -2.11. The topological polar surface area (TPSA) is 52.4 Å². The van der Waals surface area contributed by atoms with E-state index in [0.29, 0.717) is 11.3 Å². The maximum absolute atomic E-state index is 13.6. The Hall–Kier alpha value is -1.85. The van der Waals surface area contributed by atoms with Crippen LogP contribution < -0.4 is 4.74 Å². The lowest BCUT2D eigenvalue weighted by atomic mass is 10.2. The van der Waals surface area contributed by atoms with Gasteiger partial charge in [0.05, 0.1) is 15.8 Å². The molecule has 2 aromatic carbocycles. The highest BCUT2D eigenvalue weighted by Gasteiger charge is 2.13. The number of nitro groups is 1. The third-order valence-corrected chi connectivity index (χ3v) is 3.47. The summed E-state index contributed by atoms with van der Waals surface area (Å²) in [4.78, 5) is 10.2. The zero-order chi connectivity index (χ0) is 15.4. The molecule has 0 N–H and O–H groups in total. The fourth-order valence-corrected chi connectivity index (χ4v) is 2.17. The Morgan fingerprint density at radius 3 is 2.67 bits per heavy atom. The van der Waals surface area contributed by atoms with E-state index in [1.165, 1.54) is 30.3 Å². The van der Waals surface area contributed by atoms with Crippen molar-refractivity contribution in [2.24, 2.45) is 0 Å². The van der Waals surface area contributed by atoms with Gasteiger partial charge in [-0.15, -0.1) is 11.6 Å². The Morgan fingerprint density at radius 2 is 2.05 bits per heavy atom. The molecule has 4 nitrogen and oxygen atoms in total. The van der Waals surface area contributed by atoms with Crippen LogP contribution in [0.25, 0.3) is 0 Å². The molecule has 0 amide bonds. The van der Waals surface area contributed by atoms with Crippen molar-refractivity contribution in [1.29, 1.82) is 0 Å². The van der Waals surface area contributed by atoms with Crippen LogP contribution in [0.3, 0.4) is 0 Å². The van der Waals surface area contributed by atoms with Gasteiger partial charge in [-0.25, -0.2) is 4.39 Å². The summed E-state index contributed by atoms with van der Waals surface area (Å²) in [5.41, 5.74) is 0.596. The fraction of sp³-hybridized carbons (Fsp3) is 0.143. The van der Waals surface area contributed by atoms with Gasteiger partial charge in [0.15, 0.2) is 0 Å². The summed E-state index contributed by atoms with van der Waals surface area (Å²) in [5, 5.41) is 11.0. The zero-order valence-electron chi connectivity index (χ0n) is 10.7. The van der Waals surface area contributed by atoms with Crippen LogP contribution in [0.2, 0.25) is 5.02 Å². The molecular formula is C14H10Cl2FNO3. The molecule has 0 atom stereocenters. The Labute approximate surface area is 130 Å². The van der Waals surface area contributed by atoms with Gasteiger partial charge in [0.2, 0.25) is 0 Å². The normalized spacial score (nSPS) is 10.4. The molecule has 0 heterocycles. The average molecular weight is 330 g/mol. The molecule has 110 valence electrons. The number of hydrogen-bond donors (Lipinski definition) is 0. The third-order valence-electron chi connectivity index (χ3n) is 2.83. The van der Waals surface area contributed by atoms with Crippen LogP contribution in [0.1, 0.15) is 11.1 Å². The minimum Gasteiger partial charge on any atom is -0.488 e. The van der Waals surface area contributed by atoms with E-state index >= 15 is 0 Å². The number of non-ortho nitro benzene ring substituents is 1. The molecule has 0 saturated heterocycles. The van der Waals surface area contributed by atoms with Crippen molar-refractivity contribution in [3.63, 3.8) is 0 Å². The van der Waals surface area contributed by atoms with Crippen LogP contribution >= 0.6 is 23.2 Å². The number of rotatable bonds is 5. The van der Waals surface area contributed by atoms with Gasteiger partial charge in [0, 0.05) is 23.3 Å². The predicted molar refractivity (Wildman–Crippen MR) is 78.4 cm³/mol. The quantitative estimate of drug-likeness (QED) is 0.453. The third kappa shape index (κ3) is 3.62. The minimum absolute atomic E-state index is 0.0437. The molecule has 0 radical (unpaired) electrons. The van der Waals surface area contributed by atoms with Gasteiger partial charge in [-0.05, 0) is 18.2 Å². The summed E-state index contributed by atoms with van der Waals surface area (Å²) < 4.78 is 19.1. The maximum atomic E-state index is 13.6. The number of nitrogens with zero attached hydrogens (tertiary/aromatic N) is 1. The van der Waals surface area contributed by atoms with Gasteiger partial charge in [-0.3, -0.25) is 10.1 Å². The van der Waals surface area contributed by atoms with E-state index in [0.717, 1.165) is 0 Å². The van der Waals surface area contributed by atoms with Gasteiger partial charge in [-0.2, -0.15) is 0 Å². The molecule has 0 saturated carbocycles. The molecule has 0 aliphatic carbocycles. The number of alkyl halides is 1. The first-order chi connectivity index (χ1) is 10.0. The number of hydrogen-bond acceptors (Lipinski definition) is 3. The van der Waals surface area contributed by atoms with Crippen molar-refractivity contribution < 1.29 is 14.1 Å². The Balaban J connectivity index is 2.22. The molecule has 0 aliphatic heterocycles. The summed E-state index contributed by atoms with van der Waals surface area (Å²) in [6.07, 6.45) is 0. The van der Waals surface area contributed by atoms with Gasteiger partial charge in [-0.1, -0.05) is 17.7 Å². The second kappa shape index (κ2) is 6.74. The van der Waals surface area contributed by atoms with E-state index in [1.807, 2.05) is 0 Å². The fourth-order valence-electron chi connectivity index (χ4n) is 1.74. The van der Waals surface area contributed by atoms with Crippen molar-refractivity contribution >= 4 is 28.9 Å². The first-order valence-corrected chi connectivity index (χ1v) is 6.83. The molecule has 0 unspecified atom stereocenters. The molecule has 0 spiro atoms. The molecule has 21 heavy (non-hydrogen) atoms. The van der Waals surface area contributed by atoms with Crippen molar-refractivity contribution in [1.82, 2.24) is 0 Å². The molecule has 0 aliphatic rings. The number of nitro benzene ring substituents is 1. The molecular weight excluding hydrogens is 320 g/mol. The van der Waals surface area contributed by atoms with Crippen LogP contribution in [0, 0.1) is 15.9 Å². The average Bonchev–Trinajstić information content (AvgIpc) is 2.46. The Bertz CT molecular complexity index is 659. The highest BCUT2D eigenvalue weighted by atomic mass is 35.5. The summed E-state index contributed by atoms with van der Waals surface area (Å²) in [6.45, 7) is -0.0901. The van der Waals surface area contributed by atoms with Crippen LogP contribution in [-0.4, -0.2) is 4.92 Å². The standard InChI is InChI=1S/C14H10Cl2FNO3/c15-7-9-6-10(18(19)20)4-5-14(9)21-8-11-12(16)2-1-3-13(11)17/h1-6H,7-8H2. The van der Waals surface area contributed by atoms with E-state index in [2.05, 4.69) is 0 Å². The predicted octanol–water partition coefficient (Wildman–Crippen LogP) is 4.71. The number of halogens is 3. The summed E-state index contributed by atoms with van der Waals surface area (Å²) >= 11 is 11.7. The monoisotopic (exact) mass is 329 g/mol. The summed E-state index contributed by atoms with van der Waals surface area (Å²) in [6, 6.07) is 8.39. The first kappa shape index (κ1) is 15.5. The van der Waals surface area contributed by atoms with E-state index < -0.39 is 10.7 Å². The van der Waals surface area contributed by atoms with Gasteiger partial charge in [0.25, 0.3) is 5.69 Å². The molecule has 0 bridgehead atoms. The highest BCUT2D eigenvalue weighted by Crippen LogP contribution is 2.28. The zero-order valence-corrected chi connectivity index (χ0v) is 12.2. The van der Waals surface area contributed by atoms with Crippen molar-refractivity contribution in [2.75, 3.05) is 0 Å². The minimum atomic E-state index is -0.520. The van der Waals surface area contributed by atoms with E-state index in [-0.39, 0.29) is 28.8 Å². The molecule has 2 rings (SSSR count). The smallest absolute Gasteiger partial charge is 0.270 e. The maximum Gasteiger partial charge on any atom is 0.270 e. The van der Waals surface area contributed by atoms with Gasteiger partial charge >= 0.3 is 0 Å². The Morgan fingerprint density at radius 1 is 1.29 bits per heavy atom. The van der Waals surface area contributed by atoms with Gasteiger partial charge in [0.1, 0.15) is 18.2 Å². The Kier molecular flexibility index (Phi) is 4.98. The van der Waals surface area contributed by atoms with Crippen LogP contribution in [0.4, 0.5) is 10.1 Å². The van der Waals surface area contributed by atoms with Gasteiger partial charge < -0.3 is 4.74 Å². The molecule has 2 aromatic rings. The van der Waals surface area contributed by atoms with Crippen LogP contribution in [-0.2, 0) is 12.5 Å². The lowest BCUT2D eigenvalue weighted by Crippen LogP contribution is -2.02. The lowest BCUT2D eigenvalue weighted by molar-refractivity contribution is -0.384. The number of ether oxygens (including phenoxy) is 1. The molecule has 0 aromatic heterocycles.